The van der Waals surface area contributed by atoms with Gasteiger partial charge in [-0.25, -0.2) is 4.68 Å². The average molecular weight is 345 g/mol. The highest BCUT2D eigenvalue weighted by Gasteiger charge is 2.21. The van der Waals surface area contributed by atoms with Crippen LogP contribution in [0.2, 0.25) is 0 Å². The molecule has 1 amide bonds. The number of carbonyl (C=O) groups is 2. The van der Waals surface area contributed by atoms with Crippen molar-refractivity contribution in [3.63, 3.8) is 0 Å². The number of ketones is 1. The molecule has 0 atom stereocenters. The number of thioether (sulfide) groups is 1. The molecule has 1 aromatic carbocycles. The van der Waals surface area contributed by atoms with Crippen LogP contribution in [0.15, 0.2) is 23.4 Å². The van der Waals surface area contributed by atoms with Crippen molar-refractivity contribution in [1.82, 2.24) is 20.2 Å². The highest BCUT2D eigenvalue weighted by molar-refractivity contribution is 7.99. The molecule has 1 aliphatic rings. The molecule has 24 heavy (non-hydrogen) atoms. The highest BCUT2D eigenvalue weighted by atomic mass is 32.2. The van der Waals surface area contributed by atoms with E-state index in [1.165, 1.54) is 0 Å². The number of aryl methyl sites for hydroxylation is 2. The first-order chi connectivity index (χ1) is 11.6. The van der Waals surface area contributed by atoms with Gasteiger partial charge < -0.3 is 4.90 Å². The molecule has 1 aromatic heterocycles. The lowest BCUT2D eigenvalue weighted by Crippen LogP contribution is -2.31. The summed E-state index contributed by atoms with van der Waals surface area (Å²) in [6.45, 7) is 0. The van der Waals surface area contributed by atoms with E-state index in [-0.39, 0.29) is 11.7 Å². The number of Topliss-reactive ketones (excluding diaryl/α,β-unsaturated/α-hetero) is 1. The zero-order chi connectivity index (χ0) is 17.1. The number of nitrogens with zero attached hydrogens (tertiary/aromatic N) is 5. The van der Waals surface area contributed by atoms with E-state index in [1.54, 1.807) is 35.4 Å². The van der Waals surface area contributed by atoms with Gasteiger partial charge in [-0.15, -0.1) is 5.10 Å². The molecular weight excluding hydrogens is 326 g/mol. The van der Waals surface area contributed by atoms with Gasteiger partial charge in [-0.1, -0.05) is 11.8 Å². The monoisotopic (exact) mass is 345 g/mol. The minimum absolute atomic E-state index is 0.122. The third-order valence-corrected chi connectivity index (χ3v) is 5.20. The first-order valence-electron chi connectivity index (χ1n) is 7.84. The predicted octanol–water partition coefficient (Wildman–Crippen LogP) is 1.87. The first-order valence-corrected chi connectivity index (χ1v) is 8.82. The fourth-order valence-corrected chi connectivity index (χ4v) is 3.50. The second kappa shape index (κ2) is 7.12. The van der Waals surface area contributed by atoms with Crippen LogP contribution in [-0.2, 0) is 18.3 Å². The molecule has 0 aliphatic carbocycles. The lowest BCUT2D eigenvalue weighted by molar-refractivity contribution is -0.118. The standard InChI is InChI=1S/C16H19N5O2S/c1-20-13-7-5-12(10-11(13)6-8-15(20)23)14(22)4-3-9-24-16-17-18-19-21(16)2/h5,7,10H,3-4,6,8-9H2,1-2H3. The van der Waals surface area contributed by atoms with Gasteiger partial charge in [0.1, 0.15) is 0 Å². The third kappa shape index (κ3) is 3.48. The fourth-order valence-electron chi connectivity index (χ4n) is 2.71. The maximum absolute atomic E-state index is 12.4. The Hall–Kier alpha value is -2.22. The Labute approximate surface area is 144 Å². The van der Waals surface area contributed by atoms with Crippen LogP contribution in [0.25, 0.3) is 0 Å². The van der Waals surface area contributed by atoms with Gasteiger partial charge in [0.2, 0.25) is 11.1 Å². The van der Waals surface area contributed by atoms with E-state index >= 15 is 0 Å². The van der Waals surface area contributed by atoms with Crippen molar-refractivity contribution in [1.29, 1.82) is 0 Å². The summed E-state index contributed by atoms with van der Waals surface area (Å²) < 4.78 is 1.62. The van der Waals surface area contributed by atoms with Gasteiger partial charge in [-0.3, -0.25) is 9.59 Å². The molecule has 3 rings (SSSR count). The van der Waals surface area contributed by atoms with Crippen LogP contribution in [0.3, 0.4) is 0 Å². The molecule has 0 saturated carbocycles. The summed E-state index contributed by atoms with van der Waals surface area (Å²) in [5, 5.41) is 12.0. The zero-order valence-corrected chi connectivity index (χ0v) is 14.5. The highest BCUT2D eigenvalue weighted by Crippen LogP contribution is 2.28. The van der Waals surface area contributed by atoms with Gasteiger partial charge in [0.25, 0.3) is 0 Å². The van der Waals surface area contributed by atoms with Crippen LogP contribution in [-0.4, -0.2) is 44.7 Å². The zero-order valence-electron chi connectivity index (χ0n) is 13.7. The number of anilines is 1. The Bertz CT molecular complexity index is 774. The molecular formula is C16H19N5O2S. The SMILES string of the molecule is CN1C(=O)CCc2cc(C(=O)CCCSc3nnnn3C)ccc21. The van der Waals surface area contributed by atoms with Gasteiger partial charge in [0.15, 0.2) is 5.78 Å². The summed E-state index contributed by atoms with van der Waals surface area (Å²) in [6, 6.07) is 5.62. The van der Waals surface area contributed by atoms with Crippen molar-refractivity contribution in [2.75, 3.05) is 17.7 Å². The van der Waals surface area contributed by atoms with Crippen molar-refractivity contribution in [2.45, 2.75) is 30.8 Å². The molecule has 2 aromatic rings. The van der Waals surface area contributed by atoms with E-state index in [9.17, 15) is 9.59 Å². The lowest BCUT2D eigenvalue weighted by atomic mass is 9.97. The van der Waals surface area contributed by atoms with E-state index in [1.807, 2.05) is 18.2 Å². The van der Waals surface area contributed by atoms with Crippen molar-refractivity contribution in [3.05, 3.63) is 29.3 Å². The molecule has 7 nitrogen and oxygen atoms in total. The van der Waals surface area contributed by atoms with E-state index < -0.39 is 0 Å². The topological polar surface area (TPSA) is 81.0 Å². The number of tetrazole rings is 1. The maximum atomic E-state index is 12.4. The second-order valence-corrected chi connectivity index (χ2v) is 6.82. The molecule has 2 heterocycles. The molecule has 0 spiro atoms. The molecule has 126 valence electrons. The number of amides is 1. The molecule has 0 unspecified atom stereocenters. The molecule has 0 fully saturated rings. The normalized spacial score (nSPS) is 13.9. The lowest BCUT2D eigenvalue weighted by Gasteiger charge is -2.26. The predicted molar refractivity (Wildman–Crippen MR) is 91.3 cm³/mol. The summed E-state index contributed by atoms with van der Waals surface area (Å²) >= 11 is 1.54. The number of hydrogen-bond donors (Lipinski definition) is 0. The Kier molecular flexibility index (Phi) is 4.94. The minimum Gasteiger partial charge on any atom is -0.315 e. The van der Waals surface area contributed by atoms with Crippen molar-refractivity contribution >= 4 is 29.1 Å². The summed E-state index contributed by atoms with van der Waals surface area (Å²) in [7, 11) is 3.57. The Morgan fingerprint density at radius 1 is 1.29 bits per heavy atom. The number of aromatic nitrogens is 4. The van der Waals surface area contributed by atoms with Crippen LogP contribution >= 0.6 is 11.8 Å². The summed E-state index contributed by atoms with van der Waals surface area (Å²) in [6.07, 6.45) is 2.47. The molecule has 8 heteroatoms. The van der Waals surface area contributed by atoms with Gasteiger partial charge in [0, 0.05) is 43.9 Å². The quantitative estimate of drug-likeness (QED) is 0.452. The van der Waals surface area contributed by atoms with E-state index in [2.05, 4.69) is 15.5 Å². The van der Waals surface area contributed by atoms with Gasteiger partial charge >= 0.3 is 0 Å². The van der Waals surface area contributed by atoms with E-state index in [0.717, 1.165) is 34.1 Å². The Morgan fingerprint density at radius 3 is 2.88 bits per heavy atom. The van der Waals surface area contributed by atoms with Crippen LogP contribution in [0.5, 0.6) is 0 Å². The molecule has 0 radical (unpaired) electrons. The molecule has 0 bridgehead atoms. The van der Waals surface area contributed by atoms with Crippen LogP contribution in [0.4, 0.5) is 5.69 Å². The summed E-state index contributed by atoms with van der Waals surface area (Å²) in [5.41, 5.74) is 2.71. The largest absolute Gasteiger partial charge is 0.315 e. The van der Waals surface area contributed by atoms with Crippen molar-refractivity contribution in [2.24, 2.45) is 7.05 Å². The van der Waals surface area contributed by atoms with Crippen molar-refractivity contribution < 1.29 is 9.59 Å². The second-order valence-electron chi connectivity index (χ2n) is 5.76. The smallest absolute Gasteiger partial charge is 0.227 e. The first kappa shape index (κ1) is 16.6. The number of hydrogen-bond acceptors (Lipinski definition) is 6. The van der Waals surface area contributed by atoms with Crippen LogP contribution in [0, 0.1) is 0 Å². The molecule has 0 saturated heterocycles. The molecule has 1 aliphatic heterocycles. The number of fused-ring (bicyclic) bond motifs is 1. The minimum atomic E-state index is 0.122. The van der Waals surface area contributed by atoms with Gasteiger partial charge in [0.05, 0.1) is 0 Å². The summed E-state index contributed by atoms with van der Waals surface area (Å²) in [5.74, 6) is 1.05. The maximum Gasteiger partial charge on any atom is 0.227 e. The average Bonchev–Trinajstić information content (AvgIpc) is 2.99. The number of rotatable bonds is 6. The third-order valence-electron chi connectivity index (χ3n) is 4.11. The Balaban J connectivity index is 1.56. The molecule has 0 N–H and O–H groups in total. The van der Waals surface area contributed by atoms with Gasteiger partial charge in [-0.2, -0.15) is 0 Å². The summed E-state index contributed by atoms with van der Waals surface area (Å²) in [4.78, 5) is 25.7. The van der Waals surface area contributed by atoms with Crippen LogP contribution < -0.4 is 4.90 Å². The van der Waals surface area contributed by atoms with E-state index in [4.69, 9.17) is 0 Å². The van der Waals surface area contributed by atoms with Crippen molar-refractivity contribution in [3.8, 4) is 0 Å². The Morgan fingerprint density at radius 2 is 2.12 bits per heavy atom. The van der Waals surface area contributed by atoms with Crippen LogP contribution in [0.1, 0.15) is 35.2 Å². The van der Waals surface area contributed by atoms with Gasteiger partial charge in [-0.05, 0) is 47.0 Å². The number of carbonyl (C=O) groups excluding carboxylic acids is 2. The van der Waals surface area contributed by atoms with E-state index in [0.29, 0.717) is 19.3 Å². The number of benzene rings is 1. The fraction of sp³-hybridized carbons (Fsp3) is 0.438.